The number of carbonyl (C=O) groups is 1. The van der Waals surface area contributed by atoms with Gasteiger partial charge in [0.25, 0.3) is 5.56 Å². The monoisotopic (exact) mass is 378 g/mol. The Labute approximate surface area is 153 Å². The standard InChI is InChI=1S/C16H18N4O3S2/c1-3-23-15(22)11-9-6-4-5-7-10(9)25-14(11)20-19-12-8(2)17-16(24)18-13(12)21/h3-7H2,1-2H3,(H2,17,18,21,24). The van der Waals surface area contributed by atoms with Gasteiger partial charge in [-0.05, 0) is 57.3 Å². The van der Waals surface area contributed by atoms with Crippen molar-refractivity contribution in [2.45, 2.75) is 39.5 Å². The molecule has 2 heterocycles. The van der Waals surface area contributed by atoms with Crippen molar-refractivity contribution < 1.29 is 9.53 Å². The smallest absolute Gasteiger partial charge is 0.341 e. The van der Waals surface area contributed by atoms with Crippen molar-refractivity contribution in [1.29, 1.82) is 0 Å². The Hall–Kier alpha value is -2.13. The van der Waals surface area contributed by atoms with Crippen molar-refractivity contribution in [1.82, 2.24) is 9.97 Å². The molecule has 9 heteroatoms. The zero-order valence-electron chi connectivity index (χ0n) is 14.0. The highest BCUT2D eigenvalue weighted by Crippen LogP contribution is 2.40. The SMILES string of the molecule is CCOC(=O)c1c(N=Nc2c(C)[nH]c(=S)[nH]c2=O)sc2c1CCCC2. The topological polar surface area (TPSA) is 99.7 Å². The first kappa shape index (κ1) is 17.7. The molecule has 1 aliphatic rings. The van der Waals surface area contributed by atoms with Gasteiger partial charge in [-0.2, -0.15) is 0 Å². The van der Waals surface area contributed by atoms with Gasteiger partial charge in [-0.3, -0.25) is 9.78 Å². The maximum absolute atomic E-state index is 12.4. The summed E-state index contributed by atoms with van der Waals surface area (Å²) < 4.78 is 5.42. The van der Waals surface area contributed by atoms with Gasteiger partial charge in [-0.15, -0.1) is 21.6 Å². The highest BCUT2D eigenvalue weighted by molar-refractivity contribution is 7.71. The van der Waals surface area contributed by atoms with Crippen molar-refractivity contribution in [3.05, 3.63) is 36.8 Å². The number of nitrogens with zero attached hydrogens (tertiary/aromatic N) is 2. The van der Waals surface area contributed by atoms with E-state index in [0.29, 0.717) is 22.9 Å². The second-order valence-electron chi connectivity index (χ2n) is 5.69. The number of rotatable bonds is 4. The van der Waals surface area contributed by atoms with Crippen LogP contribution >= 0.6 is 23.6 Å². The maximum atomic E-state index is 12.4. The number of aromatic nitrogens is 2. The van der Waals surface area contributed by atoms with Gasteiger partial charge in [-0.25, -0.2) is 4.79 Å². The van der Waals surface area contributed by atoms with Gasteiger partial charge >= 0.3 is 5.97 Å². The van der Waals surface area contributed by atoms with E-state index in [1.807, 2.05) is 0 Å². The fraction of sp³-hybridized carbons (Fsp3) is 0.438. The number of esters is 1. The summed E-state index contributed by atoms with van der Waals surface area (Å²) in [7, 11) is 0. The molecule has 0 bridgehead atoms. The molecule has 0 saturated heterocycles. The van der Waals surface area contributed by atoms with Crippen LogP contribution in [0.3, 0.4) is 0 Å². The van der Waals surface area contributed by atoms with Crippen molar-refractivity contribution >= 4 is 40.2 Å². The molecular weight excluding hydrogens is 360 g/mol. The van der Waals surface area contributed by atoms with E-state index in [1.54, 1.807) is 13.8 Å². The summed E-state index contributed by atoms with van der Waals surface area (Å²) in [5.41, 5.74) is 1.76. The van der Waals surface area contributed by atoms with E-state index >= 15 is 0 Å². The van der Waals surface area contributed by atoms with Crippen LogP contribution < -0.4 is 5.56 Å². The molecule has 25 heavy (non-hydrogen) atoms. The molecule has 0 atom stereocenters. The van der Waals surface area contributed by atoms with E-state index in [0.717, 1.165) is 36.1 Å². The van der Waals surface area contributed by atoms with Crippen LogP contribution in [-0.4, -0.2) is 22.5 Å². The molecule has 0 saturated carbocycles. The molecule has 0 amide bonds. The number of aromatic amines is 2. The Morgan fingerprint density at radius 1 is 1.28 bits per heavy atom. The molecular formula is C16H18N4O3S2. The van der Waals surface area contributed by atoms with Crippen LogP contribution in [0.15, 0.2) is 15.0 Å². The summed E-state index contributed by atoms with van der Waals surface area (Å²) in [6.45, 7) is 3.77. The number of ether oxygens (including phenoxy) is 1. The third-order valence-corrected chi connectivity index (χ3v) is 5.35. The predicted molar refractivity (Wildman–Crippen MR) is 98.1 cm³/mol. The first-order chi connectivity index (χ1) is 12.0. The number of nitrogens with one attached hydrogen (secondary N) is 2. The summed E-state index contributed by atoms with van der Waals surface area (Å²) in [4.78, 5) is 30.9. The van der Waals surface area contributed by atoms with Gasteiger partial charge in [0.15, 0.2) is 15.5 Å². The molecule has 0 fully saturated rings. The molecule has 0 unspecified atom stereocenters. The number of aryl methyl sites for hydroxylation is 2. The van der Waals surface area contributed by atoms with E-state index < -0.39 is 5.56 Å². The largest absolute Gasteiger partial charge is 0.462 e. The third kappa shape index (κ3) is 3.62. The number of fused-ring (bicyclic) bond motifs is 1. The lowest BCUT2D eigenvalue weighted by atomic mass is 9.95. The number of H-pyrrole nitrogens is 2. The predicted octanol–water partition coefficient (Wildman–Crippen LogP) is 4.27. The van der Waals surface area contributed by atoms with Gasteiger partial charge < -0.3 is 9.72 Å². The average molecular weight is 378 g/mol. The average Bonchev–Trinajstić information content (AvgIpc) is 2.92. The summed E-state index contributed by atoms with van der Waals surface area (Å²) in [6.07, 6.45) is 3.91. The number of azo groups is 1. The van der Waals surface area contributed by atoms with Crippen LogP contribution in [0.2, 0.25) is 0 Å². The van der Waals surface area contributed by atoms with E-state index in [-0.39, 0.29) is 16.4 Å². The summed E-state index contributed by atoms with van der Waals surface area (Å²) in [6, 6.07) is 0. The van der Waals surface area contributed by atoms with Gasteiger partial charge in [0.05, 0.1) is 6.61 Å². The van der Waals surface area contributed by atoms with Crippen LogP contribution in [0.25, 0.3) is 0 Å². The third-order valence-electron chi connectivity index (χ3n) is 3.97. The highest BCUT2D eigenvalue weighted by Gasteiger charge is 2.26. The fourth-order valence-corrected chi connectivity index (χ4v) is 4.29. The van der Waals surface area contributed by atoms with Gasteiger partial charge in [0.2, 0.25) is 0 Å². The lowest BCUT2D eigenvalue weighted by Gasteiger charge is -2.11. The van der Waals surface area contributed by atoms with E-state index in [1.165, 1.54) is 11.3 Å². The Bertz CT molecular complexity index is 955. The highest BCUT2D eigenvalue weighted by atomic mass is 32.1. The number of carbonyl (C=O) groups excluding carboxylic acids is 1. The van der Waals surface area contributed by atoms with E-state index in [9.17, 15) is 9.59 Å². The first-order valence-electron chi connectivity index (χ1n) is 8.07. The summed E-state index contributed by atoms with van der Waals surface area (Å²) in [5.74, 6) is -0.381. The molecule has 2 aromatic rings. The lowest BCUT2D eigenvalue weighted by molar-refractivity contribution is 0.0526. The van der Waals surface area contributed by atoms with Crippen molar-refractivity contribution in [3.8, 4) is 0 Å². The molecule has 0 aromatic carbocycles. The molecule has 1 aliphatic carbocycles. The minimum atomic E-state index is -0.413. The molecule has 2 aromatic heterocycles. The van der Waals surface area contributed by atoms with Crippen LogP contribution in [0, 0.1) is 11.7 Å². The quantitative estimate of drug-likeness (QED) is 0.471. The Balaban J connectivity index is 2.05. The van der Waals surface area contributed by atoms with Crippen molar-refractivity contribution in [2.24, 2.45) is 10.2 Å². The molecule has 132 valence electrons. The minimum absolute atomic E-state index is 0.148. The van der Waals surface area contributed by atoms with E-state index in [2.05, 4.69) is 20.2 Å². The second-order valence-corrected chi connectivity index (χ2v) is 7.19. The zero-order valence-corrected chi connectivity index (χ0v) is 15.6. The Morgan fingerprint density at radius 3 is 2.76 bits per heavy atom. The lowest BCUT2D eigenvalue weighted by Crippen LogP contribution is -2.09. The fourth-order valence-electron chi connectivity index (χ4n) is 2.84. The molecule has 2 N–H and O–H groups in total. The molecule has 3 rings (SSSR count). The Morgan fingerprint density at radius 2 is 2.04 bits per heavy atom. The zero-order chi connectivity index (χ0) is 18.0. The van der Waals surface area contributed by atoms with Crippen molar-refractivity contribution in [3.63, 3.8) is 0 Å². The first-order valence-corrected chi connectivity index (χ1v) is 9.30. The number of hydrogen-bond donors (Lipinski definition) is 2. The van der Waals surface area contributed by atoms with Crippen LogP contribution in [0.4, 0.5) is 10.7 Å². The summed E-state index contributed by atoms with van der Waals surface area (Å²) >= 11 is 6.37. The van der Waals surface area contributed by atoms with Crippen LogP contribution in [-0.2, 0) is 17.6 Å². The number of hydrogen-bond acceptors (Lipinski definition) is 7. The molecule has 0 radical (unpaired) electrons. The van der Waals surface area contributed by atoms with Gasteiger partial charge in [-0.1, -0.05) is 0 Å². The second kappa shape index (κ2) is 7.40. The molecule has 0 aliphatic heterocycles. The number of thiophene rings is 1. The summed E-state index contributed by atoms with van der Waals surface area (Å²) in [5, 5.41) is 8.77. The van der Waals surface area contributed by atoms with Gasteiger partial charge in [0.1, 0.15) is 5.56 Å². The molecule has 0 spiro atoms. The normalized spacial score (nSPS) is 13.8. The van der Waals surface area contributed by atoms with Gasteiger partial charge in [0, 0.05) is 10.6 Å². The van der Waals surface area contributed by atoms with Crippen LogP contribution in [0.1, 0.15) is 46.3 Å². The van der Waals surface area contributed by atoms with Crippen LogP contribution in [0.5, 0.6) is 0 Å². The Kier molecular flexibility index (Phi) is 5.24. The minimum Gasteiger partial charge on any atom is -0.462 e. The van der Waals surface area contributed by atoms with E-state index in [4.69, 9.17) is 17.0 Å². The molecule has 7 nitrogen and oxygen atoms in total. The maximum Gasteiger partial charge on any atom is 0.341 e. The van der Waals surface area contributed by atoms with Crippen molar-refractivity contribution in [2.75, 3.05) is 6.61 Å².